The highest BCUT2D eigenvalue weighted by molar-refractivity contribution is 6.45. The van der Waals surface area contributed by atoms with Crippen LogP contribution < -0.4 is 0 Å². The summed E-state index contributed by atoms with van der Waals surface area (Å²) < 4.78 is 12.4. The highest BCUT2D eigenvalue weighted by Crippen LogP contribution is 2.52. The molecule has 0 radical (unpaired) electrons. The lowest BCUT2D eigenvalue weighted by Crippen LogP contribution is -2.45. The standard InChI is InChI=1S/C28H48BNO2.CHNO/c1-25(2,3)28(8,18-12-13-19-29-31-26(4,5)27(6,7)32-29)24-16-20-30(21-17-24)22-23-14-10-9-11-15-23;2-1-3/h9-11,14-15,24H,12-13,16-22H2,1-8H3;2H. The first-order valence-corrected chi connectivity index (χ1v) is 13.4. The van der Waals surface area contributed by atoms with E-state index in [-0.39, 0.29) is 18.3 Å². The molecule has 3 rings (SSSR count). The fraction of sp³-hybridized carbons (Fsp3) is 0.759. The first kappa shape index (κ1) is 29.8. The fourth-order valence-electron chi connectivity index (χ4n) is 5.65. The Morgan fingerprint density at radius 3 is 2.00 bits per heavy atom. The maximum atomic E-state index is 8.35. The third kappa shape index (κ3) is 7.76. The number of benzene rings is 1. The molecule has 1 aromatic carbocycles. The number of hydrogen-bond acceptors (Lipinski definition) is 5. The van der Waals surface area contributed by atoms with Gasteiger partial charge in [0.1, 0.15) is 0 Å². The van der Waals surface area contributed by atoms with E-state index < -0.39 is 0 Å². The SMILES string of the molecule is CC(C)(C)C(C)(CCCCB1OC(C)(C)C(C)(C)O1)C1CCN(Cc2ccccc2)CC1.N=C=O. The predicted molar refractivity (Wildman–Crippen MR) is 145 cm³/mol. The van der Waals surface area contributed by atoms with E-state index in [1.54, 1.807) is 0 Å². The van der Waals surface area contributed by atoms with Crippen molar-refractivity contribution in [2.75, 3.05) is 13.1 Å². The van der Waals surface area contributed by atoms with Gasteiger partial charge in [0.25, 0.3) is 0 Å². The van der Waals surface area contributed by atoms with Crippen molar-refractivity contribution in [2.45, 2.75) is 112 Å². The van der Waals surface area contributed by atoms with Gasteiger partial charge in [-0.05, 0) is 88.7 Å². The summed E-state index contributed by atoms with van der Waals surface area (Å²) in [5, 5.41) is 5.40. The monoisotopic (exact) mass is 484 g/mol. The maximum Gasteiger partial charge on any atom is 0.457 e. The molecule has 0 aliphatic carbocycles. The van der Waals surface area contributed by atoms with Gasteiger partial charge in [-0.2, -0.15) is 0 Å². The molecule has 1 atom stereocenters. The van der Waals surface area contributed by atoms with Gasteiger partial charge >= 0.3 is 7.12 Å². The predicted octanol–water partition coefficient (Wildman–Crippen LogP) is 7.11. The second-order valence-electron chi connectivity index (χ2n) is 12.7. The normalized spacial score (nSPS) is 22.1. The smallest absolute Gasteiger partial charge is 0.403 e. The average molecular weight is 485 g/mol. The van der Waals surface area contributed by atoms with Crippen LogP contribution in [0.1, 0.15) is 93.1 Å². The van der Waals surface area contributed by atoms with Gasteiger partial charge in [0.15, 0.2) is 0 Å². The van der Waals surface area contributed by atoms with Gasteiger partial charge in [-0.3, -0.25) is 4.90 Å². The molecule has 1 unspecified atom stereocenters. The summed E-state index contributed by atoms with van der Waals surface area (Å²) >= 11 is 0. The molecule has 2 fully saturated rings. The van der Waals surface area contributed by atoms with Gasteiger partial charge < -0.3 is 9.31 Å². The van der Waals surface area contributed by atoms with Crippen molar-refractivity contribution in [3.8, 4) is 0 Å². The first-order valence-electron chi connectivity index (χ1n) is 13.4. The number of piperidine rings is 1. The van der Waals surface area contributed by atoms with Crippen molar-refractivity contribution in [2.24, 2.45) is 16.7 Å². The van der Waals surface area contributed by atoms with E-state index in [4.69, 9.17) is 19.5 Å². The van der Waals surface area contributed by atoms with E-state index in [9.17, 15) is 0 Å². The Morgan fingerprint density at radius 2 is 1.51 bits per heavy atom. The quantitative estimate of drug-likeness (QED) is 0.185. The molecule has 2 aliphatic heterocycles. The maximum absolute atomic E-state index is 8.35. The van der Waals surface area contributed by atoms with Crippen LogP contribution in [-0.2, 0) is 20.6 Å². The minimum Gasteiger partial charge on any atom is -0.403 e. The van der Waals surface area contributed by atoms with E-state index in [1.165, 1.54) is 50.8 Å². The Labute approximate surface area is 215 Å². The zero-order chi connectivity index (χ0) is 26.3. The molecular weight excluding hydrogens is 435 g/mol. The van der Waals surface area contributed by atoms with Gasteiger partial charge in [-0.15, -0.1) is 0 Å². The fourth-order valence-corrected chi connectivity index (χ4v) is 5.65. The van der Waals surface area contributed by atoms with Crippen molar-refractivity contribution >= 4 is 13.2 Å². The van der Waals surface area contributed by atoms with Crippen LogP contribution in [0.25, 0.3) is 0 Å². The number of nitrogens with one attached hydrogen (secondary N) is 1. The van der Waals surface area contributed by atoms with E-state index >= 15 is 0 Å². The number of nitrogens with zero attached hydrogens (tertiary/aromatic N) is 1. The number of rotatable bonds is 8. The molecule has 0 saturated carbocycles. The third-order valence-electron chi connectivity index (χ3n) is 9.14. The summed E-state index contributed by atoms with van der Waals surface area (Å²) in [5.74, 6) is 0.798. The lowest BCUT2D eigenvalue weighted by Gasteiger charge is -2.51. The summed E-state index contributed by atoms with van der Waals surface area (Å²) in [6, 6.07) is 10.9. The first-order chi connectivity index (χ1) is 16.3. The summed E-state index contributed by atoms with van der Waals surface area (Å²) in [6.07, 6.45) is 8.11. The van der Waals surface area contributed by atoms with Crippen molar-refractivity contribution < 1.29 is 14.1 Å². The molecule has 35 heavy (non-hydrogen) atoms. The van der Waals surface area contributed by atoms with E-state index in [0.717, 1.165) is 24.9 Å². The number of isocyanates is 1. The van der Waals surface area contributed by atoms with Gasteiger partial charge in [0.2, 0.25) is 6.08 Å². The summed E-state index contributed by atoms with van der Waals surface area (Å²) in [7, 11) is -0.0536. The molecule has 6 heteroatoms. The number of hydrogen-bond donors (Lipinski definition) is 1. The molecule has 1 aromatic rings. The Bertz CT molecular complexity index is 791. The van der Waals surface area contributed by atoms with Crippen molar-refractivity contribution in [1.29, 1.82) is 5.41 Å². The van der Waals surface area contributed by atoms with Gasteiger partial charge in [-0.25, -0.2) is 10.2 Å². The number of unbranched alkanes of at least 4 members (excludes halogenated alkanes) is 1. The summed E-state index contributed by atoms with van der Waals surface area (Å²) in [4.78, 5) is 11.0. The Kier molecular flexibility index (Phi) is 10.4. The average Bonchev–Trinajstić information content (AvgIpc) is 2.98. The lowest BCUT2D eigenvalue weighted by molar-refractivity contribution is -0.0128. The highest BCUT2D eigenvalue weighted by atomic mass is 16.7. The topological polar surface area (TPSA) is 62.6 Å². The van der Waals surface area contributed by atoms with Crippen LogP contribution >= 0.6 is 0 Å². The molecule has 2 aliphatic rings. The molecule has 0 aromatic heterocycles. The van der Waals surface area contributed by atoms with Crippen LogP contribution in [0.5, 0.6) is 0 Å². The molecule has 0 bridgehead atoms. The Hall–Kier alpha value is -1.46. The number of likely N-dealkylation sites (tertiary alicyclic amines) is 1. The van der Waals surface area contributed by atoms with Crippen LogP contribution in [0.4, 0.5) is 0 Å². The van der Waals surface area contributed by atoms with Crippen LogP contribution in [0, 0.1) is 22.2 Å². The number of carbonyl (C=O) groups excluding carboxylic acids is 1. The van der Waals surface area contributed by atoms with E-state index in [1.807, 2.05) is 0 Å². The summed E-state index contributed by atoms with van der Waals surface area (Å²) in [5.41, 5.74) is 1.68. The largest absolute Gasteiger partial charge is 0.457 e. The van der Waals surface area contributed by atoms with E-state index in [2.05, 4.69) is 90.6 Å². The van der Waals surface area contributed by atoms with Crippen LogP contribution in [0.3, 0.4) is 0 Å². The Balaban J connectivity index is 0.00000137. The van der Waals surface area contributed by atoms with Gasteiger partial charge in [-0.1, -0.05) is 70.9 Å². The van der Waals surface area contributed by atoms with Crippen molar-refractivity contribution in [3.63, 3.8) is 0 Å². The molecule has 2 heterocycles. The molecule has 2 saturated heterocycles. The molecule has 0 amide bonds. The van der Waals surface area contributed by atoms with Gasteiger partial charge in [0, 0.05) is 6.54 Å². The molecule has 1 N–H and O–H groups in total. The van der Waals surface area contributed by atoms with Crippen LogP contribution in [0.15, 0.2) is 30.3 Å². The lowest BCUT2D eigenvalue weighted by atomic mass is 9.56. The molecule has 5 nitrogen and oxygen atoms in total. The van der Waals surface area contributed by atoms with E-state index in [0.29, 0.717) is 10.8 Å². The van der Waals surface area contributed by atoms with Crippen LogP contribution in [0.2, 0.25) is 6.32 Å². The van der Waals surface area contributed by atoms with Crippen molar-refractivity contribution in [1.82, 2.24) is 4.90 Å². The van der Waals surface area contributed by atoms with Crippen molar-refractivity contribution in [3.05, 3.63) is 35.9 Å². The minimum absolute atomic E-state index is 0.0536. The minimum atomic E-state index is -0.217. The second-order valence-corrected chi connectivity index (χ2v) is 12.7. The highest BCUT2D eigenvalue weighted by Gasteiger charge is 2.50. The molecular formula is C29H49BN2O3. The second kappa shape index (κ2) is 12.2. The zero-order valence-corrected chi connectivity index (χ0v) is 23.6. The summed E-state index contributed by atoms with van der Waals surface area (Å²) in [6.45, 7) is 22.1. The third-order valence-corrected chi connectivity index (χ3v) is 9.14. The van der Waals surface area contributed by atoms with Crippen LogP contribution in [-0.4, -0.2) is 42.4 Å². The molecule has 196 valence electrons. The zero-order valence-electron chi connectivity index (χ0n) is 23.6. The molecule has 0 spiro atoms. The Morgan fingerprint density at radius 1 is 1.00 bits per heavy atom. The van der Waals surface area contributed by atoms with Gasteiger partial charge in [0.05, 0.1) is 11.2 Å².